The van der Waals surface area contributed by atoms with Crippen molar-refractivity contribution >= 4 is 23.2 Å². The third kappa shape index (κ3) is 3.30. The third-order valence-corrected chi connectivity index (χ3v) is 4.25. The largest absolute Gasteiger partial charge is 0.326 e. The molecule has 1 aromatic rings. The number of hydrogen-bond acceptors (Lipinski definition) is 2. The number of nitrogens with one attached hydrogen (secondary N) is 2. The van der Waals surface area contributed by atoms with E-state index in [0.29, 0.717) is 5.69 Å². The van der Waals surface area contributed by atoms with Crippen LogP contribution in [0.5, 0.6) is 0 Å². The molecule has 20 heavy (non-hydrogen) atoms. The van der Waals surface area contributed by atoms with Crippen molar-refractivity contribution in [2.45, 2.75) is 32.6 Å². The Bertz CT molecular complexity index is 481. The van der Waals surface area contributed by atoms with Crippen molar-refractivity contribution < 1.29 is 9.18 Å². The summed E-state index contributed by atoms with van der Waals surface area (Å²) in [5, 5.41) is 6.18. The van der Waals surface area contributed by atoms with E-state index < -0.39 is 5.82 Å². The van der Waals surface area contributed by atoms with Crippen molar-refractivity contribution in [1.82, 2.24) is 5.32 Å². The molecular weight excluding hydrogens is 279 g/mol. The second-order valence-electron chi connectivity index (χ2n) is 5.36. The van der Waals surface area contributed by atoms with Crippen LogP contribution in [0.3, 0.4) is 0 Å². The van der Waals surface area contributed by atoms with E-state index >= 15 is 0 Å². The second kappa shape index (κ2) is 6.55. The van der Waals surface area contributed by atoms with Gasteiger partial charge >= 0.3 is 0 Å². The first-order valence-corrected chi connectivity index (χ1v) is 7.42. The normalized spacial score (nSPS) is 17.8. The Labute approximate surface area is 123 Å². The van der Waals surface area contributed by atoms with Gasteiger partial charge in [-0.05, 0) is 50.6 Å². The number of carbonyl (C=O) groups is 1. The summed E-state index contributed by atoms with van der Waals surface area (Å²) < 4.78 is 13.4. The zero-order valence-electron chi connectivity index (χ0n) is 11.6. The summed E-state index contributed by atoms with van der Waals surface area (Å²) in [6, 6.07) is 4.35. The molecule has 1 saturated heterocycles. The highest BCUT2D eigenvalue weighted by atomic mass is 35.5. The van der Waals surface area contributed by atoms with E-state index in [-0.39, 0.29) is 16.3 Å². The Hall–Kier alpha value is -1.13. The molecule has 1 heterocycles. The van der Waals surface area contributed by atoms with Gasteiger partial charge in [-0.3, -0.25) is 4.79 Å². The molecule has 5 heteroatoms. The molecule has 0 atom stereocenters. The molecule has 1 aliphatic heterocycles. The van der Waals surface area contributed by atoms with Crippen LogP contribution in [0, 0.1) is 11.2 Å². The van der Waals surface area contributed by atoms with Gasteiger partial charge in [0.15, 0.2) is 0 Å². The van der Waals surface area contributed by atoms with E-state index in [1.165, 1.54) is 12.1 Å². The fourth-order valence-electron chi connectivity index (χ4n) is 2.81. The summed E-state index contributed by atoms with van der Waals surface area (Å²) in [4.78, 5) is 12.6. The van der Waals surface area contributed by atoms with Crippen molar-refractivity contribution in [1.29, 1.82) is 0 Å². The molecule has 2 N–H and O–H groups in total. The Balaban J connectivity index is 2.13. The second-order valence-corrected chi connectivity index (χ2v) is 5.77. The van der Waals surface area contributed by atoms with E-state index in [4.69, 9.17) is 11.6 Å². The Morgan fingerprint density at radius 2 is 2.15 bits per heavy atom. The molecule has 110 valence electrons. The van der Waals surface area contributed by atoms with Gasteiger partial charge in [0.25, 0.3) is 0 Å². The highest BCUT2D eigenvalue weighted by Gasteiger charge is 2.38. The number of piperidine rings is 1. The average molecular weight is 299 g/mol. The summed E-state index contributed by atoms with van der Waals surface area (Å²) >= 11 is 5.65. The van der Waals surface area contributed by atoms with Gasteiger partial charge in [0.1, 0.15) is 5.82 Å². The van der Waals surface area contributed by atoms with Gasteiger partial charge < -0.3 is 10.6 Å². The van der Waals surface area contributed by atoms with Crippen LogP contribution >= 0.6 is 11.6 Å². The molecule has 1 fully saturated rings. The first kappa shape index (κ1) is 15.3. The minimum atomic E-state index is -0.515. The predicted octanol–water partition coefficient (Wildman–Crippen LogP) is 3.59. The topological polar surface area (TPSA) is 41.1 Å². The van der Waals surface area contributed by atoms with Crippen LogP contribution in [0.15, 0.2) is 18.2 Å². The smallest absolute Gasteiger partial charge is 0.230 e. The van der Waals surface area contributed by atoms with Crippen LogP contribution in [0.25, 0.3) is 0 Å². The molecule has 1 amide bonds. The lowest BCUT2D eigenvalue weighted by atomic mass is 9.74. The molecule has 1 aliphatic rings. The summed E-state index contributed by atoms with van der Waals surface area (Å²) in [7, 11) is 0. The van der Waals surface area contributed by atoms with Crippen molar-refractivity contribution in [2.75, 3.05) is 18.4 Å². The molecule has 2 rings (SSSR count). The Morgan fingerprint density at radius 3 is 2.75 bits per heavy atom. The molecule has 0 saturated carbocycles. The maximum absolute atomic E-state index is 13.4. The van der Waals surface area contributed by atoms with Crippen LogP contribution in [0.2, 0.25) is 5.02 Å². The maximum atomic E-state index is 13.4. The number of amides is 1. The Kier molecular flexibility index (Phi) is 5.00. The van der Waals surface area contributed by atoms with Gasteiger partial charge in [-0.2, -0.15) is 0 Å². The molecule has 1 aromatic carbocycles. The van der Waals surface area contributed by atoms with Crippen molar-refractivity contribution in [3.63, 3.8) is 0 Å². The van der Waals surface area contributed by atoms with Crippen molar-refractivity contribution in [3.8, 4) is 0 Å². The summed E-state index contributed by atoms with van der Waals surface area (Å²) in [6.07, 6.45) is 3.46. The minimum Gasteiger partial charge on any atom is -0.326 e. The van der Waals surface area contributed by atoms with Crippen LogP contribution in [0.4, 0.5) is 10.1 Å². The van der Waals surface area contributed by atoms with Gasteiger partial charge in [-0.15, -0.1) is 0 Å². The summed E-state index contributed by atoms with van der Waals surface area (Å²) in [5.41, 5.74) is 0.127. The Morgan fingerprint density at radius 1 is 1.45 bits per heavy atom. The fraction of sp³-hybridized carbons (Fsp3) is 0.533. The first-order chi connectivity index (χ1) is 9.57. The van der Waals surface area contributed by atoms with Gasteiger partial charge in [0.2, 0.25) is 5.91 Å². The number of anilines is 1. The van der Waals surface area contributed by atoms with E-state index in [0.717, 1.165) is 38.8 Å². The maximum Gasteiger partial charge on any atom is 0.230 e. The van der Waals surface area contributed by atoms with Crippen molar-refractivity contribution in [2.24, 2.45) is 5.41 Å². The van der Waals surface area contributed by atoms with Crippen molar-refractivity contribution in [3.05, 3.63) is 29.0 Å². The lowest BCUT2D eigenvalue weighted by Gasteiger charge is -2.36. The van der Waals surface area contributed by atoms with Gasteiger partial charge in [-0.25, -0.2) is 4.39 Å². The SMILES string of the molecule is CCCC1(C(=O)Nc2ccc(Cl)c(F)c2)CCNCC1. The standard InChI is InChI=1S/C15H20ClFN2O/c1-2-5-15(6-8-18-9-7-15)14(20)19-11-3-4-12(16)13(17)10-11/h3-4,10,18H,2,5-9H2,1H3,(H,19,20). The highest BCUT2D eigenvalue weighted by Crippen LogP contribution is 2.35. The highest BCUT2D eigenvalue weighted by molar-refractivity contribution is 6.30. The molecule has 0 aliphatic carbocycles. The quantitative estimate of drug-likeness (QED) is 0.892. The average Bonchev–Trinajstić information content (AvgIpc) is 2.44. The molecule has 0 spiro atoms. The molecule has 3 nitrogen and oxygen atoms in total. The lowest BCUT2D eigenvalue weighted by Crippen LogP contribution is -2.44. The van der Waals surface area contributed by atoms with E-state index in [2.05, 4.69) is 17.6 Å². The van der Waals surface area contributed by atoms with Crippen LogP contribution in [-0.4, -0.2) is 19.0 Å². The van der Waals surface area contributed by atoms with E-state index in [9.17, 15) is 9.18 Å². The number of rotatable bonds is 4. The van der Waals surface area contributed by atoms with Gasteiger partial charge in [0.05, 0.1) is 10.4 Å². The minimum absolute atomic E-state index is 0.0115. The van der Waals surface area contributed by atoms with Crippen LogP contribution < -0.4 is 10.6 Å². The molecule has 0 radical (unpaired) electrons. The molecule has 0 unspecified atom stereocenters. The van der Waals surface area contributed by atoms with E-state index in [1.807, 2.05) is 0 Å². The molecule has 0 bridgehead atoms. The number of benzene rings is 1. The fourth-order valence-corrected chi connectivity index (χ4v) is 2.93. The van der Waals surface area contributed by atoms with Gasteiger partial charge in [0, 0.05) is 5.69 Å². The number of halogens is 2. The first-order valence-electron chi connectivity index (χ1n) is 7.04. The predicted molar refractivity (Wildman–Crippen MR) is 79.5 cm³/mol. The lowest BCUT2D eigenvalue weighted by molar-refractivity contribution is -0.127. The third-order valence-electron chi connectivity index (χ3n) is 3.95. The van der Waals surface area contributed by atoms with Crippen LogP contribution in [0.1, 0.15) is 32.6 Å². The molecule has 0 aromatic heterocycles. The number of hydrogen-bond donors (Lipinski definition) is 2. The molecular formula is C15H20ClFN2O. The monoisotopic (exact) mass is 298 g/mol. The number of carbonyl (C=O) groups excluding carboxylic acids is 1. The summed E-state index contributed by atoms with van der Waals surface area (Å²) in [5.74, 6) is -0.526. The van der Waals surface area contributed by atoms with Gasteiger partial charge in [-0.1, -0.05) is 24.9 Å². The zero-order valence-corrected chi connectivity index (χ0v) is 12.4. The zero-order chi connectivity index (χ0) is 14.6. The van der Waals surface area contributed by atoms with Crippen LogP contribution in [-0.2, 0) is 4.79 Å². The van der Waals surface area contributed by atoms with E-state index in [1.54, 1.807) is 6.07 Å². The summed E-state index contributed by atoms with van der Waals surface area (Å²) in [6.45, 7) is 3.78.